The number of anilines is 1. The molecule has 0 saturated heterocycles. The van der Waals surface area contributed by atoms with Crippen LogP contribution in [0.25, 0.3) is 10.8 Å². The number of nitrogens with zero attached hydrogens (tertiary/aromatic N) is 1. The molecular weight excluding hydrogens is 316 g/mol. The topological polar surface area (TPSA) is 52.9 Å². The van der Waals surface area contributed by atoms with E-state index >= 15 is 0 Å². The second kappa shape index (κ2) is 7.67. The predicted molar refractivity (Wildman–Crippen MR) is 99.9 cm³/mol. The molecule has 0 aliphatic rings. The minimum atomic E-state index is -0.0216. The van der Waals surface area contributed by atoms with E-state index in [9.17, 15) is 4.79 Å². The van der Waals surface area contributed by atoms with Gasteiger partial charge in [-0.1, -0.05) is 42.5 Å². The first-order valence-corrected chi connectivity index (χ1v) is 8.75. The van der Waals surface area contributed by atoms with Crippen LogP contribution in [0.5, 0.6) is 0 Å². The first-order valence-electron chi connectivity index (χ1n) is 7.60. The van der Waals surface area contributed by atoms with Gasteiger partial charge in [0.15, 0.2) is 0 Å². The van der Waals surface area contributed by atoms with Crippen LogP contribution in [0.15, 0.2) is 66.7 Å². The molecule has 0 saturated carbocycles. The van der Waals surface area contributed by atoms with Crippen molar-refractivity contribution >= 4 is 34.1 Å². The Kier molecular flexibility index (Phi) is 5.15. The van der Waals surface area contributed by atoms with Gasteiger partial charge in [0, 0.05) is 11.4 Å². The Morgan fingerprint density at radius 3 is 2.67 bits per heavy atom. The summed E-state index contributed by atoms with van der Waals surface area (Å²) in [6, 6.07) is 23.6. The molecule has 4 heteroatoms. The highest BCUT2D eigenvalue weighted by Gasteiger charge is 2.04. The second-order valence-electron chi connectivity index (χ2n) is 5.42. The van der Waals surface area contributed by atoms with E-state index in [1.54, 1.807) is 6.07 Å². The Bertz CT molecular complexity index is 915. The molecule has 0 unspecified atom stereocenters. The number of nitriles is 1. The molecule has 3 aromatic carbocycles. The molecule has 3 nitrogen and oxygen atoms in total. The standard InChI is InChI=1S/C20H16N2OS/c21-12-15-4-3-5-16(10-15)13-24-14-20(23)22-19-9-8-17-6-1-2-7-18(17)11-19/h1-11H,13-14H2,(H,22,23). The van der Waals surface area contributed by atoms with Crippen molar-refractivity contribution in [3.63, 3.8) is 0 Å². The molecule has 0 spiro atoms. The summed E-state index contributed by atoms with van der Waals surface area (Å²) in [5.41, 5.74) is 2.51. The molecule has 0 fully saturated rings. The Morgan fingerprint density at radius 2 is 1.83 bits per heavy atom. The number of carbonyl (C=O) groups is 1. The number of hydrogen-bond donors (Lipinski definition) is 1. The van der Waals surface area contributed by atoms with Crippen molar-refractivity contribution in [3.05, 3.63) is 77.9 Å². The first kappa shape index (κ1) is 16.1. The van der Waals surface area contributed by atoms with Crippen molar-refractivity contribution in [2.75, 3.05) is 11.1 Å². The van der Waals surface area contributed by atoms with Crippen LogP contribution in [0.2, 0.25) is 0 Å². The van der Waals surface area contributed by atoms with E-state index in [-0.39, 0.29) is 5.91 Å². The zero-order chi connectivity index (χ0) is 16.8. The van der Waals surface area contributed by atoms with Crippen molar-refractivity contribution in [1.29, 1.82) is 5.26 Å². The van der Waals surface area contributed by atoms with Gasteiger partial charge in [-0.05, 0) is 40.6 Å². The second-order valence-corrected chi connectivity index (χ2v) is 6.40. The molecule has 0 heterocycles. The van der Waals surface area contributed by atoms with Crippen molar-refractivity contribution in [3.8, 4) is 6.07 Å². The van der Waals surface area contributed by atoms with Gasteiger partial charge in [0.25, 0.3) is 0 Å². The highest BCUT2D eigenvalue weighted by Crippen LogP contribution is 2.19. The third kappa shape index (κ3) is 4.15. The summed E-state index contributed by atoms with van der Waals surface area (Å²) >= 11 is 1.54. The number of rotatable bonds is 5. The first-order chi connectivity index (χ1) is 11.7. The lowest BCUT2D eigenvalue weighted by Gasteiger charge is -2.07. The Labute approximate surface area is 145 Å². The molecule has 24 heavy (non-hydrogen) atoms. The fourth-order valence-corrected chi connectivity index (χ4v) is 3.23. The molecule has 1 N–H and O–H groups in total. The fraction of sp³-hybridized carbons (Fsp3) is 0.100. The largest absolute Gasteiger partial charge is 0.325 e. The number of amides is 1. The van der Waals surface area contributed by atoms with Crippen LogP contribution < -0.4 is 5.32 Å². The van der Waals surface area contributed by atoms with E-state index in [1.165, 1.54) is 11.8 Å². The molecule has 0 aromatic heterocycles. The van der Waals surface area contributed by atoms with Crippen molar-refractivity contribution in [2.24, 2.45) is 0 Å². The fourth-order valence-electron chi connectivity index (χ4n) is 2.46. The Balaban J connectivity index is 1.54. The number of thioether (sulfide) groups is 1. The lowest BCUT2D eigenvalue weighted by molar-refractivity contribution is -0.113. The summed E-state index contributed by atoms with van der Waals surface area (Å²) in [6.07, 6.45) is 0. The van der Waals surface area contributed by atoms with E-state index < -0.39 is 0 Å². The Hall–Kier alpha value is -2.77. The quantitative estimate of drug-likeness (QED) is 0.744. The van der Waals surface area contributed by atoms with Crippen LogP contribution in [-0.2, 0) is 10.5 Å². The number of fused-ring (bicyclic) bond motifs is 1. The smallest absolute Gasteiger partial charge is 0.234 e. The van der Waals surface area contributed by atoms with Crippen molar-refractivity contribution in [1.82, 2.24) is 0 Å². The molecule has 0 bridgehead atoms. The van der Waals surface area contributed by atoms with E-state index in [0.717, 1.165) is 22.0 Å². The molecular formula is C20H16N2OS. The van der Waals surface area contributed by atoms with E-state index in [1.807, 2.05) is 60.7 Å². The molecule has 3 rings (SSSR count). The van der Waals surface area contributed by atoms with Crippen LogP contribution in [0, 0.1) is 11.3 Å². The molecule has 0 radical (unpaired) electrons. The monoisotopic (exact) mass is 332 g/mol. The molecule has 0 atom stereocenters. The van der Waals surface area contributed by atoms with E-state index in [4.69, 9.17) is 5.26 Å². The third-order valence-corrected chi connectivity index (χ3v) is 4.59. The van der Waals surface area contributed by atoms with Gasteiger partial charge in [-0.25, -0.2) is 0 Å². The normalized spacial score (nSPS) is 10.3. The van der Waals surface area contributed by atoms with Gasteiger partial charge in [-0.15, -0.1) is 11.8 Å². The van der Waals surface area contributed by atoms with Gasteiger partial charge in [0.2, 0.25) is 5.91 Å². The average molecular weight is 332 g/mol. The highest BCUT2D eigenvalue weighted by molar-refractivity contribution is 7.99. The third-order valence-electron chi connectivity index (χ3n) is 3.59. The summed E-state index contributed by atoms with van der Waals surface area (Å²) in [5, 5.41) is 14.1. The van der Waals surface area contributed by atoms with Gasteiger partial charge in [0.05, 0.1) is 17.4 Å². The Morgan fingerprint density at radius 1 is 1.00 bits per heavy atom. The maximum Gasteiger partial charge on any atom is 0.234 e. The van der Waals surface area contributed by atoms with Crippen LogP contribution in [0.4, 0.5) is 5.69 Å². The molecule has 3 aromatic rings. The van der Waals surface area contributed by atoms with Gasteiger partial charge in [-0.2, -0.15) is 5.26 Å². The van der Waals surface area contributed by atoms with E-state index in [0.29, 0.717) is 17.1 Å². The minimum Gasteiger partial charge on any atom is -0.325 e. The van der Waals surface area contributed by atoms with Crippen LogP contribution in [0.3, 0.4) is 0 Å². The SMILES string of the molecule is N#Cc1cccc(CSCC(=O)Nc2ccc3ccccc3c2)c1. The number of hydrogen-bond acceptors (Lipinski definition) is 3. The molecule has 0 aliphatic carbocycles. The number of nitrogens with one attached hydrogen (secondary N) is 1. The summed E-state index contributed by atoms with van der Waals surface area (Å²) in [6.45, 7) is 0. The van der Waals surface area contributed by atoms with Gasteiger partial charge in [-0.3, -0.25) is 4.79 Å². The maximum atomic E-state index is 12.1. The maximum absolute atomic E-state index is 12.1. The predicted octanol–water partition coefficient (Wildman–Crippen LogP) is 4.58. The van der Waals surface area contributed by atoms with Gasteiger partial charge < -0.3 is 5.32 Å². The van der Waals surface area contributed by atoms with Crippen molar-refractivity contribution < 1.29 is 4.79 Å². The average Bonchev–Trinajstić information content (AvgIpc) is 2.62. The number of benzene rings is 3. The molecule has 0 aliphatic heterocycles. The lowest BCUT2D eigenvalue weighted by atomic mass is 10.1. The van der Waals surface area contributed by atoms with Crippen LogP contribution in [-0.4, -0.2) is 11.7 Å². The minimum absolute atomic E-state index is 0.0216. The summed E-state index contributed by atoms with van der Waals surface area (Å²) in [7, 11) is 0. The zero-order valence-electron chi connectivity index (χ0n) is 13.0. The van der Waals surface area contributed by atoms with Gasteiger partial charge in [0.1, 0.15) is 0 Å². The number of carbonyl (C=O) groups excluding carboxylic acids is 1. The highest BCUT2D eigenvalue weighted by atomic mass is 32.2. The van der Waals surface area contributed by atoms with Crippen LogP contribution >= 0.6 is 11.8 Å². The molecule has 118 valence electrons. The lowest BCUT2D eigenvalue weighted by Crippen LogP contribution is -2.14. The zero-order valence-corrected chi connectivity index (χ0v) is 13.8. The van der Waals surface area contributed by atoms with Crippen LogP contribution in [0.1, 0.15) is 11.1 Å². The van der Waals surface area contributed by atoms with E-state index in [2.05, 4.69) is 11.4 Å². The summed E-state index contributed by atoms with van der Waals surface area (Å²) in [4.78, 5) is 12.1. The van der Waals surface area contributed by atoms with Gasteiger partial charge >= 0.3 is 0 Å². The summed E-state index contributed by atoms with van der Waals surface area (Å²) in [5.74, 6) is 1.07. The summed E-state index contributed by atoms with van der Waals surface area (Å²) < 4.78 is 0. The van der Waals surface area contributed by atoms with Crippen molar-refractivity contribution in [2.45, 2.75) is 5.75 Å². The molecule has 1 amide bonds.